The first kappa shape index (κ1) is 17.9. The minimum absolute atomic E-state index is 0.186. The van der Waals surface area contributed by atoms with Crippen LogP contribution in [0.5, 0.6) is 0 Å². The molecule has 9 heteroatoms. The summed E-state index contributed by atoms with van der Waals surface area (Å²) < 4.78 is 1.39. The second-order valence-electron chi connectivity index (χ2n) is 6.25. The van der Waals surface area contributed by atoms with Gasteiger partial charge < -0.3 is 15.2 Å². The van der Waals surface area contributed by atoms with Gasteiger partial charge in [0.15, 0.2) is 0 Å². The van der Waals surface area contributed by atoms with Crippen LogP contribution >= 0.6 is 0 Å². The molecule has 1 fully saturated rings. The van der Waals surface area contributed by atoms with Crippen molar-refractivity contribution in [2.24, 2.45) is 0 Å². The van der Waals surface area contributed by atoms with Crippen molar-refractivity contribution in [3.05, 3.63) is 22.5 Å². The SMILES string of the molecule is C[B]C(C)CN1CCCN(CC(O)Cn2ccnc2[N+](=O)[O-])C1. The van der Waals surface area contributed by atoms with E-state index in [0.29, 0.717) is 12.4 Å². The largest absolute Gasteiger partial charge is 0.434 e. The highest BCUT2D eigenvalue weighted by molar-refractivity contribution is 6.35. The van der Waals surface area contributed by atoms with Crippen LogP contribution in [-0.2, 0) is 6.54 Å². The van der Waals surface area contributed by atoms with E-state index in [1.807, 2.05) is 0 Å². The highest BCUT2D eigenvalue weighted by Gasteiger charge is 2.23. The second-order valence-corrected chi connectivity index (χ2v) is 6.25. The number of nitrogens with zero attached hydrogens (tertiary/aromatic N) is 5. The van der Waals surface area contributed by atoms with Crippen LogP contribution in [0.2, 0.25) is 12.6 Å². The van der Waals surface area contributed by atoms with Gasteiger partial charge >= 0.3 is 5.95 Å². The Balaban J connectivity index is 1.83. The van der Waals surface area contributed by atoms with Crippen LogP contribution in [0.25, 0.3) is 0 Å². The molecule has 0 aliphatic carbocycles. The third-order valence-electron chi connectivity index (χ3n) is 4.20. The molecule has 0 spiro atoms. The van der Waals surface area contributed by atoms with E-state index in [4.69, 9.17) is 0 Å². The quantitative estimate of drug-likeness (QED) is 0.430. The van der Waals surface area contributed by atoms with Gasteiger partial charge in [-0.3, -0.25) is 9.80 Å². The summed E-state index contributed by atoms with van der Waals surface area (Å²) >= 11 is 0. The predicted molar refractivity (Wildman–Crippen MR) is 88.6 cm³/mol. The van der Waals surface area contributed by atoms with Gasteiger partial charge in [0, 0.05) is 19.6 Å². The summed E-state index contributed by atoms with van der Waals surface area (Å²) in [6.07, 6.45) is 3.34. The molecule has 1 N–H and O–H groups in total. The highest BCUT2D eigenvalue weighted by atomic mass is 16.6. The average molecular weight is 322 g/mol. The molecule has 0 saturated carbocycles. The molecule has 0 aromatic carbocycles. The molecule has 2 atom stereocenters. The lowest BCUT2D eigenvalue weighted by atomic mass is 9.68. The van der Waals surface area contributed by atoms with Crippen molar-refractivity contribution in [3.63, 3.8) is 0 Å². The molecule has 1 aromatic heterocycles. The van der Waals surface area contributed by atoms with E-state index in [9.17, 15) is 15.2 Å². The molecular weight excluding hydrogens is 297 g/mol. The van der Waals surface area contributed by atoms with Gasteiger partial charge in [-0.25, -0.2) is 4.57 Å². The zero-order valence-corrected chi connectivity index (χ0v) is 13.8. The van der Waals surface area contributed by atoms with E-state index in [1.165, 1.54) is 17.0 Å². The normalized spacial score (nSPS) is 19.4. The van der Waals surface area contributed by atoms with Crippen LogP contribution in [-0.4, -0.2) is 75.6 Å². The van der Waals surface area contributed by atoms with Gasteiger partial charge in [-0.05, 0) is 17.9 Å². The van der Waals surface area contributed by atoms with Crippen LogP contribution < -0.4 is 0 Å². The Morgan fingerprint density at radius 2 is 2.09 bits per heavy atom. The summed E-state index contributed by atoms with van der Waals surface area (Å²) in [6.45, 7) is 8.86. The molecule has 8 nitrogen and oxygen atoms in total. The van der Waals surface area contributed by atoms with Crippen molar-refractivity contribution in [1.29, 1.82) is 0 Å². The number of aliphatic hydroxyl groups excluding tert-OH is 1. The van der Waals surface area contributed by atoms with Crippen LogP contribution in [0.15, 0.2) is 12.4 Å². The molecule has 23 heavy (non-hydrogen) atoms. The Morgan fingerprint density at radius 3 is 2.74 bits per heavy atom. The Labute approximate surface area is 137 Å². The molecule has 2 rings (SSSR count). The molecule has 2 unspecified atom stereocenters. The number of imidazole rings is 1. The summed E-state index contributed by atoms with van der Waals surface area (Å²) in [7, 11) is 2.20. The zero-order valence-electron chi connectivity index (χ0n) is 13.8. The van der Waals surface area contributed by atoms with Crippen molar-refractivity contribution in [2.45, 2.75) is 38.6 Å². The lowest BCUT2D eigenvalue weighted by Gasteiger charge is -2.37. The maximum atomic E-state index is 10.8. The number of hydrogen-bond donors (Lipinski definition) is 1. The first-order valence-electron chi connectivity index (χ1n) is 8.07. The van der Waals surface area contributed by atoms with Crippen LogP contribution in [0, 0.1) is 10.1 Å². The van der Waals surface area contributed by atoms with Crippen molar-refractivity contribution < 1.29 is 10.0 Å². The second kappa shape index (κ2) is 8.42. The Morgan fingerprint density at radius 1 is 1.39 bits per heavy atom. The minimum atomic E-state index is -0.655. The number of aromatic nitrogens is 2. The first-order valence-corrected chi connectivity index (χ1v) is 8.07. The predicted octanol–water partition coefficient (Wildman–Crippen LogP) is 0.678. The van der Waals surface area contributed by atoms with Gasteiger partial charge in [-0.15, -0.1) is 0 Å². The number of aliphatic hydroxyl groups is 1. The molecule has 1 aromatic rings. The molecule has 0 bridgehead atoms. The Bertz CT molecular complexity index is 512. The van der Waals surface area contributed by atoms with Crippen molar-refractivity contribution >= 4 is 13.2 Å². The molecule has 1 radical (unpaired) electrons. The van der Waals surface area contributed by atoms with Gasteiger partial charge in [0.25, 0.3) is 0 Å². The fourth-order valence-corrected chi connectivity index (χ4v) is 2.95. The molecule has 0 amide bonds. The zero-order chi connectivity index (χ0) is 16.8. The van der Waals surface area contributed by atoms with Crippen molar-refractivity contribution in [3.8, 4) is 0 Å². The summed E-state index contributed by atoms with van der Waals surface area (Å²) in [5.41, 5.74) is 0. The van der Waals surface area contributed by atoms with E-state index in [2.05, 4.69) is 35.8 Å². The summed E-state index contributed by atoms with van der Waals surface area (Å²) in [5.74, 6) is 0.324. The standard InChI is InChI=1S/C14H25BN5O3/c1-12(15-2)8-17-5-3-6-18(11-17)9-13(21)10-19-7-4-16-14(19)20(22)23/h4,7,12-13,21H,3,5-6,8-11H2,1-2H3. The van der Waals surface area contributed by atoms with E-state index in [0.717, 1.165) is 32.7 Å². The summed E-state index contributed by atoms with van der Waals surface area (Å²) in [6, 6.07) is 0. The number of hydrogen-bond acceptors (Lipinski definition) is 6. The van der Waals surface area contributed by atoms with E-state index in [-0.39, 0.29) is 12.5 Å². The number of β-amino-alcohol motifs (C(OH)–C–C–N with tert-alkyl or cyclic N) is 1. The van der Waals surface area contributed by atoms with E-state index < -0.39 is 11.0 Å². The number of rotatable bonds is 8. The molecule has 1 aliphatic rings. The van der Waals surface area contributed by atoms with E-state index >= 15 is 0 Å². The maximum absolute atomic E-state index is 10.8. The lowest BCUT2D eigenvalue weighted by molar-refractivity contribution is -0.397. The van der Waals surface area contributed by atoms with Crippen molar-refractivity contribution in [2.75, 3.05) is 32.8 Å². The van der Waals surface area contributed by atoms with Crippen molar-refractivity contribution in [1.82, 2.24) is 19.4 Å². The van der Waals surface area contributed by atoms with Gasteiger partial charge in [0.05, 0.1) is 19.3 Å². The fourth-order valence-electron chi connectivity index (χ4n) is 2.95. The van der Waals surface area contributed by atoms with Gasteiger partial charge in [0.2, 0.25) is 0 Å². The fraction of sp³-hybridized carbons (Fsp3) is 0.786. The third-order valence-corrected chi connectivity index (χ3v) is 4.20. The Hall–Kier alpha value is -1.45. The highest BCUT2D eigenvalue weighted by Crippen LogP contribution is 2.13. The first-order chi connectivity index (χ1) is 11.0. The molecule has 127 valence electrons. The molecule has 1 aliphatic heterocycles. The Kier molecular flexibility index (Phi) is 6.55. The molecular formula is C14H25BN5O3. The van der Waals surface area contributed by atoms with Crippen LogP contribution in [0.3, 0.4) is 0 Å². The monoisotopic (exact) mass is 322 g/mol. The van der Waals surface area contributed by atoms with Crippen LogP contribution in [0.1, 0.15) is 13.3 Å². The van der Waals surface area contributed by atoms with Crippen LogP contribution in [0.4, 0.5) is 5.95 Å². The molecule has 1 saturated heterocycles. The summed E-state index contributed by atoms with van der Waals surface area (Å²) in [5, 5.41) is 21.1. The smallest absolute Gasteiger partial charge is 0.390 e. The van der Waals surface area contributed by atoms with Gasteiger partial charge in [-0.1, -0.05) is 24.5 Å². The minimum Gasteiger partial charge on any atom is -0.390 e. The van der Waals surface area contributed by atoms with Gasteiger partial charge in [-0.2, -0.15) is 0 Å². The topological polar surface area (TPSA) is 87.7 Å². The van der Waals surface area contributed by atoms with Gasteiger partial charge in [0.1, 0.15) is 19.7 Å². The maximum Gasteiger partial charge on any atom is 0.434 e. The summed E-state index contributed by atoms with van der Waals surface area (Å²) in [4.78, 5) is 18.6. The average Bonchev–Trinajstić information content (AvgIpc) is 2.95. The van der Waals surface area contributed by atoms with E-state index in [1.54, 1.807) is 0 Å². The lowest BCUT2D eigenvalue weighted by Crippen LogP contribution is -2.48. The third kappa shape index (κ3) is 5.30. The molecule has 2 heterocycles. The number of nitro groups is 1.